The molecule has 2 rings (SSSR count). The molecule has 0 bridgehead atoms. The second-order valence-electron chi connectivity index (χ2n) is 5.04. The van der Waals surface area contributed by atoms with Crippen LogP contribution in [0.15, 0.2) is 24.1 Å². The monoisotopic (exact) mass is 250 g/mol. The van der Waals surface area contributed by atoms with Crippen LogP contribution < -0.4 is 5.32 Å². The zero-order valence-electron chi connectivity index (χ0n) is 10.5. The summed E-state index contributed by atoms with van der Waals surface area (Å²) in [5.41, 5.74) is 1.97. The zero-order valence-corrected chi connectivity index (χ0v) is 11.3. The van der Waals surface area contributed by atoms with Crippen LogP contribution in [0.5, 0.6) is 0 Å². The molecule has 0 radical (unpaired) electrons. The number of aromatic nitrogens is 3. The first-order valence-electron chi connectivity index (χ1n) is 5.67. The summed E-state index contributed by atoms with van der Waals surface area (Å²) >= 11 is 1.67. The second kappa shape index (κ2) is 4.98. The van der Waals surface area contributed by atoms with Gasteiger partial charge in [-0.05, 0) is 20.8 Å². The van der Waals surface area contributed by atoms with Crippen LogP contribution in [-0.2, 0) is 13.1 Å². The Balaban J connectivity index is 2.02. The molecule has 5 heteroatoms. The van der Waals surface area contributed by atoms with Gasteiger partial charge in [-0.25, -0.2) is 4.98 Å². The Morgan fingerprint density at radius 1 is 1.41 bits per heavy atom. The molecule has 0 atom stereocenters. The summed E-state index contributed by atoms with van der Waals surface area (Å²) in [6.45, 7) is 8.11. The van der Waals surface area contributed by atoms with Crippen molar-refractivity contribution in [3.8, 4) is 0 Å². The number of thiazole rings is 1. The van der Waals surface area contributed by atoms with Gasteiger partial charge in [-0.3, -0.25) is 4.98 Å². The number of hydrogen-bond donors (Lipinski definition) is 1. The molecular formula is C12H18N4S. The molecule has 0 aliphatic heterocycles. The first-order chi connectivity index (χ1) is 8.04. The molecule has 92 valence electrons. The van der Waals surface area contributed by atoms with Gasteiger partial charge in [-0.2, -0.15) is 0 Å². The number of imidazole rings is 1. The van der Waals surface area contributed by atoms with E-state index in [1.807, 2.05) is 24.1 Å². The SMILES string of the molecule is CC(C)(C)NCc1nccn1Cc1cncs1. The lowest BCUT2D eigenvalue weighted by atomic mass is 10.1. The predicted molar refractivity (Wildman–Crippen MR) is 70.0 cm³/mol. The molecule has 1 N–H and O–H groups in total. The van der Waals surface area contributed by atoms with Gasteiger partial charge in [0.05, 0.1) is 18.6 Å². The molecular weight excluding hydrogens is 232 g/mol. The van der Waals surface area contributed by atoms with Crippen molar-refractivity contribution < 1.29 is 0 Å². The van der Waals surface area contributed by atoms with Crippen LogP contribution in [0.3, 0.4) is 0 Å². The summed E-state index contributed by atoms with van der Waals surface area (Å²) < 4.78 is 2.16. The van der Waals surface area contributed by atoms with Crippen molar-refractivity contribution in [2.45, 2.75) is 39.4 Å². The lowest BCUT2D eigenvalue weighted by Gasteiger charge is -2.20. The lowest BCUT2D eigenvalue weighted by Crippen LogP contribution is -2.35. The summed E-state index contributed by atoms with van der Waals surface area (Å²) in [6, 6.07) is 0. The Labute approximate surface area is 106 Å². The maximum absolute atomic E-state index is 4.38. The highest BCUT2D eigenvalue weighted by atomic mass is 32.1. The van der Waals surface area contributed by atoms with Crippen molar-refractivity contribution in [2.75, 3.05) is 0 Å². The highest BCUT2D eigenvalue weighted by Crippen LogP contribution is 2.10. The summed E-state index contributed by atoms with van der Waals surface area (Å²) in [6.07, 6.45) is 5.77. The fourth-order valence-corrected chi connectivity index (χ4v) is 2.08. The van der Waals surface area contributed by atoms with Crippen molar-refractivity contribution >= 4 is 11.3 Å². The van der Waals surface area contributed by atoms with Crippen LogP contribution in [0.25, 0.3) is 0 Å². The summed E-state index contributed by atoms with van der Waals surface area (Å²) in [5.74, 6) is 1.06. The molecule has 0 saturated carbocycles. The minimum Gasteiger partial charge on any atom is -0.329 e. The first-order valence-corrected chi connectivity index (χ1v) is 6.55. The van der Waals surface area contributed by atoms with E-state index in [4.69, 9.17) is 0 Å². The van der Waals surface area contributed by atoms with Crippen molar-refractivity contribution in [1.82, 2.24) is 19.9 Å². The van der Waals surface area contributed by atoms with Gasteiger partial charge in [0.1, 0.15) is 5.82 Å². The quantitative estimate of drug-likeness (QED) is 0.905. The van der Waals surface area contributed by atoms with Gasteiger partial charge >= 0.3 is 0 Å². The van der Waals surface area contributed by atoms with Gasteiger partial charge < -0.3 is 9.88 Å². The van der Waals surface area contributed by atoms with E-state index >= 15 is 0 Å². The second-order valence-corrected chi connectivity index (χ2v) is 6.01. The third kappa shape index (κ3) is 3.64. The maximum atomic E-state index is 4.38. The van der Waals surface area contributed by atoms with Gasteiger partial charge in [-0.15, -0.1) is 11.3 Å². The Morgan fingerprint density at radius 3 is 2.88 bits per heavy atom. The molecule has 2 heterocycles. The third-order valence-corrected chi connectivity index (χ3v) is 3.15. The van der Waals surface area contributed by atoms with Gasteiger partial charge in [0.2, 0.25) is 0 Å². The molecule has 17 heavy (non-hydrogen) atoms. The fourth-order valence-electron chi connectivity index (χ4n) is 1.48. The lowest BCUT2D eigenvalue weighted by molar-refractivity contribution is 0.413. The zero-order chi connectivity index (χ0) is 12.3. The summed E-state index contributed by atoms with van der Waals surface area (Å²) in [7, 11) is 0. The van der Waals surface area contributed by atoms with Gasteiger partial charge in [0.25, 0.3) is 0 Å². The van der Waals surface area contributed by atoms with Gasteiger partial charge in [0.15, 0.2) is 0 Å². The minimum atomic E-state index is 0.112. The molecule has 4 nitrogen and oxygen atoms in total. The van der Waals surface area contributed by atoms with Crippen molar-refractivity contribution in [3.63, 3.8) is 0 Å². The highest BCUT2D eigenvalue weighted by molar-refractivity contribution is 7.09. The van der Waals surface area contributed by atoms with Crippen LogP contribution in [-0.4, -0.2) is 20.1 Å². The van der Waals surface area contributed by atoms with Gasteiger partial charge in [0, 0.05) is 29.0 Å². The average molecular weight is 250 g/mol. The summed E-state index contributed by atoms with van der Waals surface area (Å²) in [5, 5.41) is 3.45. The number of nitrogens with one attached hydrogen (secondary N) is 1. The molecule has 0 unspecified atom stereocenters. The summed E-state index contributed by atoms with van der Waals surface area (Å²) in [4.78, 5) is 9.72. The van der Waals surface area contributed by atoms with Crippen molar-refractivity contribution in [2.24, 2.45) is 0 Å². The van der Waals surface area contributed by atoms with Crippen molar-refractivity contribution in [3.05, 3.63) is 34.8 Å². The number of rotatable bonds is 4. The van der Waals surface area contributed by atoms with Crippen LogP contribution in [0, 0.1) is 0 Å². The normalized spacial score (nSPS) is 11.9. The van der Waals surface area contributed by atoms with Gasteiger partial charge in [-0.1, -0.05) is 0 Å². The van der Waals surface area contributed by atoms with E-state index in [-0.39, 0.29) is 5.54 Å². The Kier molecular flexibility index (Phi) is 3.59. The van der Waals surface area contributed by atoms with E-state index in [0.29, 0.717) is 0 Å². The Morgan fingerprint density at radius 2 is 2.24 bits per heavy atom. The molecule has 0 saturated heterocycles. The molecule has 0 aliphatic carbocycles. The fraction of sp³-hybridized carbons (Fsp3) is 0.500. The average Bonchev–Trinajstić information content (AvgIpc) is 2.86. The number of nitrogens with zero attached hydrogens (tertiary/aromatic N) is 3. The molecule has 0 fully saturated rings. The standard InChI is InChI=1S/C12H18N4S/c1-12(2,3)15-7-11-14-4-5-16(11)8-10-6-13-9-17-10/h4-6,9,15H,7-8H2,1-3H3. The Hall–Kier alpha value is -1.20. The third-order valence-electron chi connectivity index (χ3n) is 2.39. The molecule has 2 aromatic heterocycles. The van der Waals surface area contributed by atoms with Crippen LogP contribution >= 0.6 is 11.3 Å². The minimum absolute atomic E-state index is 0.112. The van der Waals surface area contributed by atoms with Crippen LogP contribution in [0.2, 0.25) is 0 Å². The van der Waals surface area contributed by atoms with E-state index in [9.17, 15) is 0 Å². The largest absolute Gasteiger partial charge is 0.329 e. The topological polar surface area (TPSA) is 42.7 Å². The number of hydrogen-bond acceptors (Lipinski definition) is 4. The van der Waals surface area contributed by atoms with E-state index in [0.717, 1.165) is 18.9 Å². The molecule has 0 aliphatic rings. The van der Waals surface area contributed by atoms with Crippen LogP contribution in [0.4, 0.5) is 0 Å². The van der Waals surface area contributed by atoms with E-state index in [1.54, 1.807) is 11.3 Å². The maximum Gasteiger partial charge on any atom is 0.123 e. The van der Waals surface area contributed by atoms with E-state index in [2.05, 4.69) is 40.6 Å². The molecule has 0 spiro atoms. The molecule has 0 amide bonds. The highest BCUT2D eigenvalue weighted by Gasteiger charge is 2.11. The first kappa shape index (κ1) is 12.3. The molecule has 2 aromatic rings. The molecule has 0 aromatic carbocycles. The smallest absolute Gasteiger partial charge is 0.123 e. The van der Waals surface area contributed by atoms with Crippen molar-refractivity contribution in [1.29, 1.82) is 0 Å². The Bertz CT molecular complexity index is 453. The van der Waals surface area contributed by atoms with E-state index in [1.165, 1.54) is 4.88 Å². The van der Waals surface area contributed by atoms with E-state index < -0.39 is 0 Å². The predicted octanol–water partition coefficient (Wildman–Crippen LogP) is 2.28. The van der Waals surface area contributed by atoms with Crippen LogP contribution in [0.1, 0.15) is 31.5 Å².